The van der Waals surface area contributed by atoms with Gasteiger partial charge in [0.15, 0.2) is 0 Å². The first kappa shape index (κ1) is 21.1. The molecule has 3 aromatic rings. The van der Waals surface area contributed by atoms with Gasteiger partial charge in [-0.1, -0.05) is 43.1 Å². The number of rotatable bonds is 5. The van der Waals surface area contributed by atoms with E-state index in [1.54, 1.807) is 43.3 Å². The second-order valence-corrected chi connectivity index (χ2v) is 8.21. The van der Waals surface area contributed by atoms with E-state index in [0.29, 0.717) is 39.7 Å². The summed E-state index contributed by atoms with van der Waals surface area (Å²) in [5.74, 6) is -0.307. The Bertz CT molecular complexity index is 1190. The normalized spacial score (nSPS) is 11.6. The summed E-state index contributed by atoms with van der Waals surface area (Å²) < 4.78 is 1.37. The molecule has 152 valence electrons. The van der Waals surface area contributed by atoms with Crippen molar-refractivity contribution in [3.8, 4) is 0 Å². The second kappa shape index (κ2) is 8.05. The number of carbonyl (C=O) groups excluding carboxylic acids is 1. The van der Waals surface area contributed by atoms with E-state index < -0.39 is 16.5 Å². The molecule has 0 saturated carbocycles. The fraction of sp³-hybridized carbons (Fsp3) is 0.286. The average Bonchev–Trinajstić information content (AvgIpc) is 2.66. The lowest BCUT2D eigenvalue weighted by Gasteiger charge is -2.27. The Hall–Kier alpha value is -2.57. The molecular weight excluding hydrogens is 413 g/mol. The van der Waals surface area contributed by atoms with E-state index in [1.807, 2.05) is 13.8 Å². The average molecular weight is 434 g/mol. The standard InChI is InChI=1S/C21H21Cl2N3O3/c1-4-26-16-9-8-12(10-15(16)25-19(28)20(26)29)18(27)24-11-21(2,3)17-13(22)6-5-7-14(17)23/h5-10H,4,11H2,1-3H3,(H,24,27)(H,25,28). The maximum atomic E-state index is 12.7. The van der Waals surface area contributed by atoms with Crippen LogP contribution in [-0.4, -0.2) is 22.0 Å². The van der Waals surface area contributed by atoms with Crippen LogP contribution in [0.15, 0.2) is 46.0 Å². The van der Waals surface area contributed by atoms with Crippen molar-refractivity contribution in [3.63, 3.8) is 0 Å². The Labute approximate surface area is 177 Å². The van der Waals surface area contributed by atoms with Crippen molar-refractivity contribution in [3.05, 3.63) is 78.3 Å². The van der Waals surface area contributed by atoms with Crippen molar-refractivity contribution in [2.75, 3.05) is 6.54 Å². The first-order valence-electron chi connectivity index (χ1n) is 9.15. The molecule has 0 unspecified atom stereocenters. The monoisotopic (exact) mass is 433 g/mol. The van der Waals surface area contributed by atoms with Crippen molar-refractivity contribution in [1.29, 1.82) is 0 Å². The molecule has 0 aliphatic rings. The summed E-state index contributed by atoms with van der Waals surface area (Å²) in [4.78, 5) is 39.1. The molecule has 0 atom stereocenters. The predicted molar refractivity (Wildman–Crippen MR) is 116 cm³/mol. The number of aromatic amines is 1. The molecule has 6 nitrogen and oxygen atoms in total. The highest BCUT2D eigenvalue weighted by Gasteiger charge is 2.27. The largest absolute Gasteiger partial charge is 0.351 e. The minimum absolute atomic E-state index is 0.304. The van der Waals surface area contributed by atoms with E-state index in [0.717, 1.165) is 5.56 Å². The molecular formula is C21H21Cl2N3O3. The quantitative estimate of drug-likeness (QED) is 0.601. The number of nitrogens with zero attached hydrogens (tertiary/aromatic N) is 1. The van der Waals surface area contributed by atoms with Crippen LogP contribution in [0.2, 0.25) is 10.0 Å². The van der Waals surface area contributed by atoms with Crippen LogP contribution in [0.5, 0.6) is 0 Å². The van der Waals surface area contributed by atoms with Crippen LogP contribution in [0.4, 0.5) is 0 Å². The number of nitrogens with one attached hydrogen (secondary N) is 2. The summed E-state index contributed by atoms with van der Waals surface area (Å²) in [7, 11) is 0. The van der Waals surface area contributed by atoms with Crippen molar-refractivity contribution in [2.24, 2.45) is 0 Å². The fourth-order valence-corrected chi connectivity index (χ4v) is 4.28. The zero-order valence-corrected chi connectivity index (χ0v) is 17.8. The Kier molecular flexibility index (Phi) is 5.87. The van der Waals surface area contributed by atoms with Gasteiger partial charge in [-0.05, 0) is 42.8 Å². The summed E-state index contributed by atoms with van der Waals surface area (Å²) in [6.07, 6.45) is 0. The maximum absolute atomic E-state index is 12.7. The zero-order valence-electron chi connectivity index (χ0n) is 16.3. The van der Waals surface area contributed by atoms with Crippen LogP contribution < -0.4 is 16.4 Å². The summed E-state index contributed by atoms with van der Waals surface area (Å²) in [5, 5.41) is 3.97. The number of aryl methyl sites for hydroxylation is 1. The minimum atomic E-state index is -0.716. The van der Waals surface area contributed by atoms with Crippen LogP contribution in [-0.2, 0) is 12.0 Å². The van der Waals surface area contributed by atoms with E-state index in [9.17, 15) is 14.4 Å². The van der Waals surface area contributed by atoms with Crippen LogP contribution in [0.3, 0.4) is 0 Å². The van der Waals surface area contributed by atoms with Gasteiger partial charge in [-0.2, -0.15) is 0 Å². The Morgan fingerprint density at radius 3 is 2.41 bits per heavy atom. The molecule has 1 aromatic heterocycles. The number of benzene rings is 2. The smallest absolute Gasteiger partial charge is 0.316 e. The number of carbonyl (C=O) groups is 1. The maximum Gasteiger partial charge on any atom is 0.316 e. The summed E-state index contributed by atoms with van der Waals surface area (Å²) in [6.45, 7) is 6.33. The third kappa shape index (κ3) is 4.09. The SMILES string of the molecule is CCn1c(=O)c(=O)[nH]c2cc(C(=O)NCC(C)(C)c3c(Cl)cccc3Cl)ccc21. The van der Waals surface area contributed by atoms with Crippen LogP contribution in [0, 0.1) is 0 Å². The predicted octanol–water partition coefficient (Wildman–Crippen LogP) is 3.72. The molecule has 0 spiro atoms. The number of hydrogen-bond acceptors (Lipinski definition) is 3. The highest BCUT2D eigenvalue weighted by atomic mass is 35.5. The number of fused-ring (bicyclic) bond motifs is 1. The van der Waals surface area contributed by atoms with Crippen molar-refractivity contribution in [1.82, 2.24) is 14.9 Å². The number of amides is 1. The van der Waals surface area contributed by atoms with Crippen molar-refractivity contribution < 1.29 is 4.79 Å². The Balaban J connectivity index is 1.88. The molecule has 0 saturated heterocycles. The molecule has 0 fully saturated rings. The highest BCUT2D eigenvalue weighted by molar-refractivity contribution is 6.36. The lowest BCUT2D eigenvalue weighted by Crippen LogP contribution is -2.37. The lowest BCUT2D eigenvalue weighted by molar-refractivity contribution is 0.0946. The molecule has 0 bridgehead atoms. The summed E-state index contributed by atoms with van der Waals surface area (Å²) in [5.41, 5.74) is 0.295. The number of halogens is 2. The van der Waals surface area contributed by atoms with Gasteiger partial charge < -0.3 is 14.9 Å². The van der Waals surface area contributed by atoms with Gasteiger partial charge in [0.2, 0.25) is 0 Å². The molecule has 2 N–H and O–H groups in total. The second-order valence-electron chi connectivity index (χ2n) is 7.40. The molecule has 1 heterocycles. The molecule has 1 amide bonds. The Morgan fingerprint density at radius 2 is 1.79 bits per heavy atom. The van der Waals surface area contributed by atoms with E-state index in [-0.39, 0.29) is 5.91 Å². The van der Waals surface area contributed by atoms with Crippen LogP contribution >= 0.6 is 23.2 Å². The number of aromatic nitrogens is 2. The zero-order chi connectivity index (χ0) is 21.3. The van der Waals surface area contributed by atoms with Crippen molar-refractivity contribution in [2.45, 2.75) is 32.7 Å². The third-order valence-electron chi connectivity index (χ3n) is 4.88. The van der Waals surface area contributed by atoms with Gasteiger partial charge in [0.1, 0.15) is 0 Å². The molecule has 29 heavy (non-hydrogen) atoms. The summed E-state index contributed by atoms with van der Waals surface area (Å²) >= 11 is 12.6. The van der Waals surface area contributed by atoms with Gasteiger partial charge in [0.05, 0.1) is 11.0 Å². The minimum Gasteiger partial charge on any atom is -0.351 e. The van der Waals surface area contributed by atoms with Gasteiger partial charge in [-0.15, -0.1) is 0 Å². The van der Waals surface area contributed by atoms with Gasteiger partial charge in [0.25, 0.3) is 5.91 Å². The van der Waals surface area contributed by atoms with Crippen LogP contribution in [0.25, 0.3) is 11.0 Å². The molecule has 0 aliphatic carbocycles. The number of H-pyrrole nitrogens is 1. The lowest BCUT2D eigenvalue weighted by atomic mass is 9.84. The molecule has 3 rings (SSSR count). The van der Waals surface area contributed by atoms with Gasteiger partial charge in [-0.25, -0.2) is 0 Å². The molecule has 8 heteroatoms. The Morgan fingerprint density at radius 1 is 1.14 bits per heavy atom. The van der Waals surface area contributed by atoms with E-state index in [2.05, 4.69) is 10.3 Å². The fourth-order valence-electron chi connectivity index (χ4n) is 3.37. The van der Waals surface area contributed by atoms with Crippen molar-refractivity contribution >= 4 is 40.1 Å². The first-order chi connectivity index (χ1) is 13.7. The van der Waals surface area contributed by atoms with Crippen LogP contribution in [0.1, 0.15) is 36.7 Å². The van der Waals surface area contributed by atoms with Gasteiger partial charge in [-0.3, -0.25) is 14.4 Å². The highest BCUT2D eigenvalue weighted by Crippen LogP contribution is 2.35. The number of hydrogen-bond donors (Lipinski definition) is 2. The first-order valence-corrected chi connectivity index (χ1v) is 9.91. The summed E-state index contributed by atoms with van der Waals surface area (Å²) in [6, 6.07) is 10.1. The topological polar surface area (TPSA) is 84.0 Å². The van der Waals surface area contributed by atoms with E-state index >= 15 is 0 Å². The van der Waals surface area contributed by atoms with Gasteiger partial charge in [0, 0.05) is 34.1 Å². The van der Waals surface area contributed by atoms with Gasteiger partial charge >= 0.3 is 11.1 Å². The van der Waals surface area contributed by atoms with E-state index in [1.165, 1.54) is 4.57 Å². The molecule has 0 radical (unpaired) electrons. The molecule has 0 aliphatic heterocycles. The molecule has 2 aromatic carbocycles. The van der Waals surface area contributed by atoms with E-state index in [4.69, 9.17) is 23.2 Å². The third-order valence-corrected chi connectivity index (χ3v) is 5.51.